The lowest BCUT2D eigenvalue weighted by Gasteiger charge is -2.22. The summed E-state index contributed by atoms with van der Waals surface area (Å²) < 4.78 is 0. The molecule has 3 N–H and O–H groups in total. The molecule has 2 atom stereocenters. The summed E-state index contributed by atoms with van der Waals surface area (Å²) in [6.07, 6.45) is 3.23. The van der Waals surface area contributed by atoms with Crippen LogP contribution in [0.25, 0.3) is 0 Å². The Morgan fingerprint density at radius 1 is 1.04 bits per heavy atom. The molecule has 0 aliphatic heterocycles. The van der Waals surface area contributed by atoms with Gasteiger partial charge < -0.3 is 10.6 Å². The zero-order valence-electron chi connectivity index (χ0n) is 16.2. The summed E-state index contributed by atoms with van der Waals surface area (Å²) in [5.74, 6) is 0.112. The standard InChI is InChI=1S/C24H26N2OS/c1-2-17-10-12-19(13-11-17)22(21-9-6-16-28-21)26-23(18-7-4-3-5-8-18)24(27)25-20-14-15-20/h3-13,16,20,22-23,26H,2,14-15H2,1H3,(H,25,27)/p+1/t22-,23+/m0/s1. The van der Waals surface area contributed by atoms with E-state index in [1.807, 2.05) is 18.2 Å². The van der Waals surface area contributed by atoms with Crippen LogP contribution in [0.5, 0.6) is 0 Å². The minimum atomic E-state index is -0.264. The van der Waals surface area contributed by atoms with Crippen molar-refractivity contribution < 1.29 is 10.1 Å². The van der Waals surface area contributed by atoms with Gasteiger partial charge in [-0.25, -0.2) is 0 Å². The van der Waals surface area contributed by atoms with Gasteiger partial charge in [-0.3, -0.25) is 4.79 Å². The van der Waals surface area contributed by atoms with Crippen LogP contribution in [0.1, 0.15) is 53.4 Å². The van der Waals surface area contributed by atoms with Crippen molar-refractivity contribution in [3.05, 3.63) is 93.7 Å². The van der Waals surface area contributed by atoms with Crippen molar-refractivity contribution in [2.75, 3.05) is 0 Å². The first kappa shape index (κ1) is 18.9. The Morgan fingerprint density at radius 2 is 1.79 bits per heavy atom. The number of hydrogen-bond acceptors (Lipinski definition) is 2. The minimum absolute atomic E-state index is 0.0982. The molecule has 144 valence electrons. The molecule has 2 aromatic carbocycles. The second kappa shape index (κ2) is 8.72. The number of carbonyl (C=O) groups is 1. The molecule has 1 saturated carbocycles. The summed E-state index contributed by atoms with van der Waals surface area (Å²) >= 11 is 1.75. The van der Waals surface area contributed by atoms with E-state index in [0.717, 1.165) is 24.8 Å². The molecule has 1 amide bonds. The topological polar surface area (TPSA) is 45.7 Å². The van der Waals surface area contributed by atoms with E-state index >= 15 is 0 Å². The Balaban J connectivity index is 1.66. The molecule has 1 aromatic heterocycles. The molecule has 0 unspecified atom stereocenters. The van der Waals surface area contributed by atoms with Gasteiger partial charge in [-0.15, -0.1) is 11.3 Å². The molecule has 1 aliphatic rings. The van der Waals surface area contributed by atoms with Crippen molar-refractivity contribution >= 4 is 17.2 Å². The van der Waals surface area contributed by atoms with E-state index in [0.29, 0.717) is 6.04 Å². The van der Waals surface area contributed by atoms with Crippen LogP contribution >= 0.6 is 11.3 Å². The highest BCUT2D eigenvalue weighted by Gasteiger charge is 2.33. The van der Waals surface area contributed by atoms with Gasteiger partial charge in [0.15, 0.2) is 6.04 Å². The smallest absolute Gasteiger partial charge is 0.283 e. The van der Waals surface area contributed by atoms with E-state index in [1.54, 1.807) is 11.3 Å². The fourth-order valence-electron chi connectivity index (χ4n) is 3.52. The maximum atomic E-state index is 13.1. The first-order valence-corrected chi connectivity index (χ1v) is 10.9. The summed E-state index contributed by atoms with van der Waals surface area (Å²) in [5, 5.41) is 7.54. The largest absolute Gasteiger partial charge is 0.348 e. The Hall–Kier alpha value is -2.43. The zero-order chi connectivity index (χ0) is 19.3. The molecular weight excluding hydrogens is 364 g/mol. The fourth-order valence-corrected chi connectivity index (χ4v) is 4.35. The van der Waals surface area contributed by atoms with Gasteiger partial charge in [0.2, 0.25) is 0 Å². The van der Waals surface area contributed by atoms with Crippen LogP contribution in [0, 0.1) is 0 Å². The number of aryl methyl sites for hydroxylation is 1. The van der Waals surface area contributed by atoms with Crippen molar-refractivity contribution in [1.29, 1.82) is 0 Å². The van der Waals surface area contributed by atoms with Gasteiger partial charge >= 0.3 is 0 Å². The van der Waals surface area contributed by atoms with E-state index < -0.39 is 0 Å². The summed E-state index contributed by atoms with van der Waals surface area (Å²) in [5.41, 5.74) is 3.62. The highest BCUT2D eigenvalue weighted by atomic mass is 32.1. The van der Waals surface area contributed by atoms with Crippen LogP contribution in [0.2, 0.25) is 0 Å². The van der Waals surface area contributed by atoms with Gasteiger partial charge in [-0.2, -0.15) is 0 Å². The Bertz CT molecular complexity index is 886. The van der Waals surface area contributed by atoms with Crippen molar-refractivity contribution in [1.82, 2.24) is 5.32 Å². The van der Waals surface area contributed by atoms with E-state index in [4.69, 9.17) is 0 Å². The van der Waals surface area contributed by atoms with Crippen molar-refractivity contribution in [3.63, 3.8) is 0 Å². The summed E-state index contributed by atoms with van der Waals surface area (Å²) in [6, 6.07) is 23.4. The van der Waals surface area contributed by atoms with Crippen molar-refractivity contribution in [3.8, 4) is 0 Å². The SMILES string of the molecule is CCc1ccc([C@H]([NH2+][C@@H](C(=O)NC2CC2)c2ccccc2)c2cccs2)cc1. The molecule has 4 rings (SSSR count). The first-order chi connectivity index (χ1) is 13.7. The molecule has 28 heavy (non-hydrogen) atoms. The third-order valence-electron chi connectivity index (χ3n) is 5.35. The lowest BCUT2D eigenvalue weighted by atomic mass is 9.99. The summed E-state index contributed by atoms with van der Waals surface area (Å²) in [6.45, 7) is 2.17. The number of nitrogens with two attached hydrogens (primary N) is 1. The predicted molar refractivity (Wildman–Crippen MR) is 114 cm³/mol. The van der Waals surface area contributed by atoms with Crippen LogP contribution in [0.4, 0.5) is 0 Å². The number of nitrogens with one attached hydrogen (secondary N) is 1. The van der Waals surface area contributed by atoms with E-state index in [2.05, 4.69) is 71.5 Å². The monoisotopic (exact) mass is 391 g/mol. The van der Waals surface area contributed by atoms with E-state index in [9.17, 15) is 4.79 Å². The normalized spacial score (nSPS) is 15.8. The van der Waals surface area contributed by atoms with Gasteiger partial charge in [0.25, 0.3) is 5.91 Å². The van der Waals surface area contributed by atoms with Crippen molar-refractivity contribution in [2.24, 2.45) is 0 Å². The molecule has 0 spiro atoms. The zero-order valence-corrected chi connectivity index (χ0v) is 17.0. The number of rotatable bonds is 8. The lowest BCUT2D eigenvalue weighted by molar-refractivity contribution is -0.713. The summed E-state index contributed by atoms with van der Waals surface area (Å²) in [7, 11) is 0. The fraction of sp³-hybridized carbons (Fsp3) is 0.292. The molecule has 1 aliphatic carbocycles. The Labute approximate surface area is 170 Å². The second-order valence-electron chi connectivity index (χ2n) is 7.45. The third kappa shape index (κ3) is 4.51. The van der Waals surface area contributed by atoms with Crippen LogP contribution < -0.4 is 10.6 Å². The first-order valence-electron chi connectivity index (χ1n) is 10.1. The molecule has 1 heterocycles. The van der Waals surface area contributed by atoms with Gasteiger partial charge in [0, 0.05) is 17.2 Å². The maximum Gasteiger partial charge on any atom is 0.283 e. The highest BCUT2D eigenvalue weighted by molar-refractivity contribution is 7.10. The number of quaternary nitrogens is 1. The number of benzene rings is 2. The average molecular weight is 392 g/mol. The molecule has 0 saturated heterocycles. The number of amides is 1. The van der Waals surface area contributed by atoms with Gasteiger partial charge in [0.1, 0.15) is 6.04 Å². The average Bonchev–Trinajstić information content (AvgIpc) is 3.38. The minimum Gasteiger partial charge on any atom is -0.348 e. The maximum absolute atomic E-state index is 13.1. The lowest BCUT2D eigenvalue weighted by Crippen LogP contribution is -2.88. The molecule has 4 heteroatoms. The van der Waals surface area contributed by atoms with Crippen LogP contribution in [-0.4, -0.2) is 11.9 Å². The van der Waals surface area contributed by atoms with Gasteiger partial charge in [-0.1, -0.05) is 67.6 Å². The van der Waals surface area contributed by atoms with Crippen molar-refractivity contribution in [2.45, 2.75) is 44.3 Å². The molecule has 1 fully saturated rings. The predicted octanol–water partition coefficient (Wildman–Crippen LogP) is 3.98. The van der Waals surface area contributed by atoms with E-state index in [1.165, 1.54) is 16.0 Å². The van der Waals surface area contributed by atoms with Gasteiger partial charge in [0.05, 0.1) is 4.88 Å². The molecule has 0 bridgehead atoms. The molecule has 3 aromatic rings. The third-order valence-corrected chi connectivity index (χ3v) is 6.30. The molecular formula is C24H27N2OS+. The van der Waals surface area contributed by atoms with Crippen LogP contribution in [0.15, 0.2) is 72.1 Å². The molecule has 0 radical (unpaired) electrons. The number of thiophene rings is 1. The Kier molecular flexibility index (Phi) is 5.89. The Morgan fingerprint density at radius 3 is 2.39 bits per heavy atom. The molecule has 3 nitrogen and oxygen atoms in total. The quantitative estimate of drug-likeness (QED) is 0.599. The van der Waals surface area contributed by atoms with Gasteiger partial charge in [-0.05, 0) is 36.3 Å². The van der Waals surface area contributed by atoms with Crippen LogP contribution in [-0.2, 0) is 11.2 Å². The second-order valence-corrected chi connectivity index (χ2v) is 8.43. The number of carbonyl (C=O) groups excluding carboxylic acids is 1. The highest BCUT2D eigenvalue weighted by Crippen LogP contribution is 2.25. The van der Waals surface area contributed by atoms with E-state index in [-0.39, 0.29) is 18.0 Å². The summed E-state index contributed by atoms with van der Waals surface area (Å²) in [4.78, 5) is 14.4. The number of hydrogen-bond donors (Lipinski definition) is 2. The van der Waals surface area contributed by atoms with Crippen LogP contribution in [0.3, 0.4) is 0 Å².